The summed E-state index contributed by atoms with van der Waals surface area (Å²) in [5.41, 5.74) is 2.70. The van der Waals surface area contributed by atoms with Crippen LogP contribution >= 0.6 is 22.9 Å². The van der Waals surface area contributed by atoms with Crippen LogP contribution < -0.4 is 5.32 Å². The molecule has 0 spiro atoms. The Balaban J connectivity index is 1.82. The first-order chi connectivity index (χ1) is 11.1. The lowest BCUT2D eigenvalue weighted by Gasteiger charge is -2.18. The van der Waals surface area contributed by atoms with Crippen LogP contribution in [0.2, 0.25) is 0 Å². The van der Waals surface area contributed by atoms with Gasteiger partial charge in [0.25, 0.3) is 5.91 Å². The lowest BCUT2D eigenvalue weighted by molar-refractivity contribution is 0.0952. The molecule has 0 aromatic carbocycles. The molecule has 0 saturated heterocycles. The minimum absolute atomic E-state index is 0.0196. The molecule has 0 aliphatic carbocycles. The quantitative estimate of drug-likeness (QED) is 0.770. The largest absolute Gasteiger partial charge is 0.349 e. The van der Waals surface area contributed by atoms with Crippen molar-refractivity contribution in [2.75, 3.05) is 6.54 Å². The lowest BCUT2D eigenvalue weighted by atomic mass is 10.2. The summed E-state index contributed by atoms with van der Waals surface area (Å²) in [7, 11) is 0. The molecule has 23 heavy (non-hydrogen) atoms. The van der Waals surface area contributed by atoms with E-state index < -0.39 is 0 Å². The molecule has 1 amide bonds. The van der Waals surface area contributed by atoms with Crippen LogP contribution in [0.1, 0.15) is 37.7 Å². The smallest absolute Gasteiger partial charge is 0.265 e. The van der Waals surface area contributed by atoms with Gasteiger partial charge in [-0.3, -0.25) is 9.48 Å². The Morgan fingerprint density at radius 3 is 2.78 bits per heavy atom. The van der Waals surface area contributed by atoms with Gasteiger partial charge in [0.15, 0.2) is 0 Å². The van der Waals surface area contributed by atoms with E-state index in [1.807, 2.05) is 36.0 Å². The average molecular weight is 347 g/mol. The molecule has 3 heterocycles. The monoisotopic (exact) mass is 347 g/mol. The van der Waals surface area contributed by atoms with Gasteiger partial charge in [-0.2, -0.15) is 5.10 Å². The molecule has 0 aliphatic rings. The number of aryl methyl sites for hydroxylation is 3. The molecule has 1 unspecified atom stereocenters. The van der Waals surface area contributed by atoms with Crippen molar-refractivity contribution < 1.29 is 4.79 Å². The Morgan fingerprint density at radius 2 is 2.22 bits per heavy atom. The third-order valence-corrected chi connectivity index (χ3v) is 5.33. The van der Waals surface area contributed by atoms with E-state index in [0.29, 0.717) is 17.1 Å². The van der Waals surface area contributed by atoms with Gasteiger partial charge in [-0.15, -0.1) is 16.4 Å². The Bertz CT molecular complexity index is 806. The molecule has 0 fully saturated rings. The van der Waals surface area contributed by atoms with Crippen molar-refractivity contribution in [1.82, 2.24) is 24.7 Å². The number of carbonyl (C=O) groups is 1. The maximum atomic E-state index is 12.3. The molecule has 0 radical (unpaired) electrons. The molecular formula is C15H17N5OS2. The zero-order valence-corrected chi connectivity index (χ0v) is 14.7. The van der Waals surface area contributed by atoms with Crippen LogP contribution in [0.4, 0.5) is 0 Å². The summed E-state index contributed by atoms with van der Waals surface area (Å²) in [6, 6.07) is 6.10. The predicted molar refractivity (Wildman–Crippen MR) is 91.1 cm³/mol. The highest BCUT2D eigenvalue weighted by atomic mass is 32.1. The van der Waals surface area contributed by atoms with Crippen LogP contribution in [-0.2, 0) is 0 Å². The van der Waals surface area contributed by atoms with Crippen molar-refractivity contribution in [2.45, 2.75) is 26.8 Å². The van der Waals surface area contributed by atoms with E-state index in [4.69, 9.17) is 0 Å². The fraction of sp³-hybridized carbons (Fsp3) is 0.333. The van der Waals surface area contributed by atoms with E-state index in [-0.39, 0.29) is 11.9 Å². The maximum absolute atomic E-state index is 12.3. The second-order valence-corrected chi connectivity index (χ2v) is 7.03. The molecule has 0 bridgehead atoms. The van der Waals surface area contributed by atoms with Crippen molar-refractivity contribution >= 4 is 28.8 Å². The highest BCUT2D eigenvalue weighted by Gasteiger charge is 2.20. The Hall–Kier alpha value is -2.06. The summed E-state index contributed by atoms with van der Waals surface area (Å²) in [6.45, 7) is 6.26. The topological polar surface area (TPSA) is 72.7 Å². The molecule has 1 N–H and O–H groups in total. The van der Waals surface area contributed by atoms with Crippen LogP contribution in [0.15, 0.2) is 23.6 Å². The maximum Gasteiger partial charge on any atom is 0.265 e. The highest BCUT2D eigenvalue weighted by Crippen LogP contribution is 2.24. The van der Waals surface area contributed by atoms with Gasteiger partial charge in [0.05, 0.1) is 11.4 Å². The predicted octanol–water partition coefficient (Wildman–Crippen LogP) is 2.74. The number of thiophene rings is 1. The minimum atomic E-state index is -0.138. The van der Waals surface area contributed by atoms with Crippen molar-refractivity contribution in [3.05, 3.63) is 50.4 Å². The second kappa shape index (κ2) is 6.59. The Morgan fingerprint density at radius 1 is 1.39 bits per heavy atom. The molecule has 0 saturated carbocycles. The third kappa shape index (κ3) is 3.32. The van der Waals surface area contributed by atoms with E-state index in [9.17, 15) is 4.79 Å². The van der Waals surface area contributed by atoms with Gasteiger partial charge in [0, 0.05) is 17.1 Å². The Kier molecular flexibility index (Phi) is 4.53. The summed E-state index contributed by atoms with van der Waals surface area (Å²) in [4.78, 5) is 14.0. The third-order valence-electron chi connectivity index (χ3n) is 3.53. The lowest BCUT2D eigenvalue weighted by Crippen LogP contribution is -2.31. The number of carbonyl (C=O) groups excluding carboxylic acids is 1. The number of rotatable bonds is 5. The molecule has 3 aromatic heterocycles. The zero-order valence-electron chi connectivity index (χ0n) is 13.1. The SMILES string of the molecule is Cc1cc(C)n(C(CNC(=O)c2snnc2C)c2cccs2)n1. The molecule has 1 atom stereocenters. The number of amides is 1. The molecule has 8 heteroatoms. The fourth-order valence-corrected chi connectivity index (χ4v) is 3.84. The van der Waals surface area contributed by atoms with E-state index in [1.165, 1.54) is 0 Å². The van der Waals surface area contributed by atoms with Crippen LogP contribution in [0.5, 0.6) is 0 Å². The van der Waals surface area contributed by atoms with E-state index in [2.05, 4.69) is 26.1 Å². The first kappa shape index (κ1) is 15.8. The van der Waals surface area contributed by atoms with Crippen LogP contribution in [0.3, 0.4) is 0 Å². The van der Waals surface area contributed by atoms with Gasteiger partial charge < -0.3 is 5.32 Å². The number of hydrogen-bond donors (Lipinski definition) is 1. The van der Waals surface area contributed by atoms with Crippen molar-refractivity contribution in [3.63, 3.8) is 0 Å². The summed E-state index contributed by atoms with van der Waals surface area (Å²) in [6.07, 6.45) is 0. The number of nitrogens with one attached hydrogen (secondary N) is 1. The summed E-state index contributed by atoms with van der Waals surface area (Å²) >= 11 is 2.78. The van der Waals surface area contributed by atoms with Gasteiger partial charge in [-0.05, 0) is 49.8 Å². The van der Waals surface area contributed by atoms with Gasteiger partial charge in [-0.1, -0.05) is 10.6 Å². The van der Waals surface area contributed by atoms with Crippen molar-refractivity contribution in [2.24, 2.45) is 0 Å². The van der Waals surface area contributed by atoms with Gasteiger partial charge in [-0.25, -0.2) is 0 Å². The summed E-state index contributed by atoms with van der Waals surface area (Å²) in [5.74, 6) is -0.138. The summed E-state index contributed by atoms with van der Waals surface area (Å²) in [5, 5.41) is 13.5. The first-order valence-electron chi connectivity index (χ1n) is 7.19. The second-order valence-electron chi connectivity index (χ2n) is 5.30. The minimum Gasteiger partial charge on any atom is -0.349 e. The van der Waals surface area contributed by atoms with E-state index in [0.717, 1.165) is 27.8 Å². The standard InChI is InChI=1S/C15H17N5OS2/c1-9-7-10(2)20(18-9)12(13-5-4-6-22-13)8-16-15(21)14-11(3)17-19-23-14/h4-7,12H,8H2,1-3H3,(H,16,21). The zero-order chi connectivity index (χ0) is 16.4. The number of nitrogens with zero attached hydrogens (tertiary/aromatic N) is 4. The molecular weight excluding hydrogens is 330 g/mol. The van der Waals surface area contributed by atoms with Crippen molar-refractivity contribution in [1.29, 1.82) is 0 Å². The molecule has 3 aromatic rings. The first-order valence-corrected chi connectivity index (χ1v) is 8.85. The number of hydrogen-bond acceptors (Lipinski definition) is 6. The molecule has 3 rings (SSSR count). The molecule has 120 valence electrons. The normalized spacial score (nSPS) is 12.3. The van der Waals surface area contributed by atoms with Crippen LogP contribution in [-0.4, -0.2) is 31.8 Å². The van der Waals surface area contributed by atoms with Gasteiger partial charge >= 0.3 is 0 Å². The van der Waals surface area contributed by atoms with Gasteiger partial charge in [0.2, 0.25) is 0 Å². The molecule has 0 aliphatic heterocycles. The Labute approximate surface area is 142 Å². The van der Waals surface area contributed by atoms with Gasteiger partial charge in [0.1, 0.15) is 10.9 Å². The van der Waals surface area contributed by atoms with Crippen LogP contribution in [0, 0.1) is 20.8 Å². The average Bonchev–Trinajstić information content (AvgIpc) is 3.22. The van der Waals surface area contributed by atoms with Crippen molar-refractivity contribution in [3.8, 4) is 0 Å². The van der Waals surface area contributed by atoms with E-state index >= 15 is 0 Å². The molecule has 6 nitrogen and oxygen atoms in total. The van der Waals surface area contributed by atoms with Crippen LogP contribution in [0.25, 0.3) is 0 Å². The van der Waals surface area contributed by atoms with E-state index in [1.54, 1.807) is 18.3 Å². The fourth-order valence-electron chi connectivity index (χ4n) is 2.46. The highest BCUT2D eigenvalue weighted by molar-refractivity contribution is 7.10. The number of aromatic nitrogens is 4. The summed E-state index contributed by atoms with van der Waals surface area (Å²) < 4.78 is 5.78.